The minimum absolute atomic E-state index is 0.139. The van der Waals surface area contributed by atoms with Crippen LogP contribution in [-0.4, -0.2) is 13.0 Å². The highest BCUT2D eigenvalue weighted by molar-refractivity contribution is 6.04. The number of benzene rings is 2. The predicted octanol–water partition coefficient (Wildman–Crippen LogP) is 3.26. The molecule has 0 radical (unpaired) electrons. The Balaban J connectivity index is 2.16. The van der Waals surface area contributed by atoms with Crippen LogP contribution < -0.4 is 10.1 Å². The Kier molecular flexibility index (Phi) is 3.63. The lowest BCUT2D eigenvalue weighted by atomic mass is 10.2. The summed E-state index contributed by atoms with van der Waals surface area (Å²) in [6, 6.07) is 14.8. The van der Waals surface area contributed by atoms with Crippen molar-refractivity contribution in [1.29, 1.82) is 0 Å². The van der Waals surface area contributed by atoms with E-state index in [2.05, 4.69) is 5.32 Å². The van der Waals surface area contributed by atoms with E-state index in [0.717, 1.165) is 11.3 Å². The molecule has 0 heterocycles. The van der Waals surface area contributed by atoms with Gasteiger partial charge in [0.05, 0.1) is 7.11 Å². The summed E-state index contributed by atoms with van der Waals surface area (Å²) in [5, 5.41) is 2.86. The van der Waals surface area contributed by atoms with Crippen molar-refractivity contribution in [3.63, 3.8) is 0 Å². The van der Waals surface area contributed by atoms with Gasteiger partial charge in [-0.1, -0.05) is 18.2 Å². The third-order valence-electron chi connectivity index (χ3n) is 2.61. The highest BCUT2D eigenvalue weighted by Crippen LogP contribution is 2.15. The molecule has 2 rings (SSSR count). The summed E-state index contributed by atoms with van der Waals surface area (Å²) < 4.78 is 5.09. The van der Waals surface area contributed by atoms with Crippen LogP contribution in [0.25, 0.3) is 0 Å². The number of hydrogen-bond acceptors (Lipinski definition) is 2. The van der Waals surface area contributed by atoms with Gasteiger partial charge >= 0.3 is 0 Å². The molecule has 1 amide bonds. The first kappa shape index (κ1) is 12.2. The quantitative estimate of drug-likeness (QED) is 0.895. The number of anilines is 1. The number of rotatable bonds is 3. The van der Waals surface area contributed by atoms with Gasteiger partial charge in [-0.05, 0) is 42.8 Å². The normalized spacial score (nSPS) is 9.89. The van der Waals surface area contributed by atoms with Crippen LogP contribution in [0.5, 0.6) is 5.75 Å². The van der Waals surface area contributed by atoms with Crippen molar-refractivity contribution in [2.75, 3.05) is 12.4 Å². The first-order chi connectivity index (χ1) is 8.69. The highest BCUT2D eigenvalue weighted by atomic mass is 16.5. The molecule has 2 aromatic rings. The maximum atomic E-state index is 12.0. The molecule has 1 N–H and O–H groups in total. The second kappa shape index (κ2) is 5.36. The maximum absolute atomic E-state index is 12.0. The second-order valence-electron chi connectivity index (χ2n) is 4.06. The third kappa shape index (κ3) is 2.88. The molecule has 2 aromatic carbocycles. The molecule has 0 spiro atoms. The molecule has 0 aliphatic carbocycles. The zero-order valence-electron chi connectivity index (χ0n) is 10.4. The summed E-state index contributed by atoms with van der Waals surface area (Å²) in [6.07, 6.45) is 0. The lowest BCUT2D eigenvalue weighted by Gasteiger charge is -2.07. The summed E-state index contributed by atoms with van der Waals surface area (Å²) in [5.41, 5.74) is 2.48. The topological polar surface area (TPSA) is 38.3 Å². The van der Waals surface area contributed by atoms with E-state index >= 15 is 0 Å². The fourth-order valence-electron chi connectivity index (χ4n) is 1.69. The molecule has 0 unspecified atom stereocenters. The molecule has 0 bridgehead atoms. The molecule has 3 heteroatoms. The van der Waals surface area contributed by atoms with Crippen LogP contribution in [0.1, 0.15) is 15.9 Å². The summed E-state index contributed by atoms with van der Waals surface area (Å²) >= 11 is 0. The summed E-state index contributed by atoms with van der Waals surface area (Å²) in [4.78, 5) is 12.0. The molecule has 92 valence electrons. The van der Waals surface area contributed by atoms with Crippen LogP contribution >= 0.6 is 0 Å². The van der Waals surface area contributed by atoms with Gasteiger partial charge in [-0.2, -0.15) is 0 Å². The molecule has 0 saturated heterocycles. The number of hydrogen-bond donors (Lipinski definition) is 1. The first-order valence-electron chi connectivity index (χ1n) is 5.71. The molecule has 0 aliphatic heterocycles. The Labute approximate surface area is 106 Å². The van der Waals surface area contributed by atoms with Crippen LogP contribution in [0.4, 0.5) is 5.69 Å². The van der Waals surface area contributed by atoms with Crippen molar-refractivity contribution >= 4 is 11.6 Å². The summed E-state index contributed by atoms with van der Waals surface area (Å²) in [7, 11) is 1.58. The van der Waals surface area contributed by atoms with Crippen LogP contribution in [0.15, 0.2) is 48.5 Å². The van der Waals surface area contributed by atoms with Crippen molar-refractivity contribution in [2.24, 2.45) is 0 Å². The molecule has 3 nitrogen and oxygen atoms in total. The van der Waals surface area contributed by atoms with Gasteiger partial charge in [0.25, 0.3) is 5.91 Å². The Bertz CT molecular complexity index is 564. The largest absolute Gasteiger partial charge is 0.497 e. The second-order valence-corrected chi connectivity index (χ2v) is 4.06. The molecular weight excluding hydrogens is 226 g/mol. The Hall–Kier alpha value is -2.29. The van der Waals surface area contributed by atoms with E-state index in [-0.39, 0.29) is 5.91 Å². The molecule has 0 saturated carbocycles. The van der Waals surface area contributed by atoms with E-state index in [1.807, 2.05) is 37.3 Å². The van der Waals surface area contributed by atoms with E-state index in [4.69, 9.17) is 4.74 Å². The molecule has 0 aromatic heterocycles. The first-order valence-corrected chi connectivity index (χ1v) is 5.71. The number of carbonyl (C=O) groups is 1. The Morgan fingerprint density at radius 2 is 1.89 bits per heavy atom. The predicted molar refractivity (Wildman–Crippen MR) is 72.1 cm³/mol. The fourth-order valence-corrected chi connectivity index (χ4v) is 1.69. The maximum Gasteiger partial charge on any atom is 0.255 e. The zero-order valence-corrected chi connectivity index (χ0v) is 10.4. The van der Waals surface area contributed by atoms with E-state index in [1.54, 1.807) is 25.3 Å². The van der Waals surface area contributed by atoms with Crippen molar-refractivity contribution in [3.8, 4) is 5.75 Å². The van der Waals surface area contributed by atoms with Gasteiger partial charge in [0.2, 0.25) is 0 Å². The number of ether oxygens (including phenoxy) is 1. The molecule has 0 fully saturated rings. The standard InChI is InChI=1S/C15H15NO2/c1-11-5-3-7-13(9-11)16-15(17)12-6-4-8-14(10-12)18-2/h3-10H,1-2H3,(H,16,17). The third-order valence-corrected chi connectivity index (χ3v) is 2.61. The van der Waals surface area contributed by atoms with Gasteiger partial charge in [-0.25, -0.2) is 0 Å². The van der Waals surface area contributed by atoms with E-state index in [1.165, 1.54) is 0 Å². The van der Waals surface area contributed by atoms with Crippen molar-refractivity contribution in [1.82, 2.24) is 0 Å². The smallest absolute Gasteiger partial charge is 0.255 e. The van der Waals surface area contributed by atoms with Crippen molar-refractivity contribution in [2.45, 2.75) is 6.92 Å². The Morgan fingerprint density at radius 3 is 2.61 bits per heavy atom. The summed E-state index contributed by atoms with van der Waals surface area (Å²) in [6.45, 7) is 1.99. The van der Waals surface area contributed by atoms with E-state index < -0.39 is 0 Å². The van der Waals surface area contributed by atoms with Gasteiger partial charge in [-0.3, -0.25) is 4.79 Å². The van der Waals surface area contributed by atoms with Gasteiger partial charge in [-0.15, -0.1) is 0 Å². The summed E-state index contributed by atoms with van der Waals surface area (Å²) in [5.74, 6) is 0.534. The number of nitrogens with one attached hydrogen (secondary N) is 1. The number of methoxy groups -OCH3 is 1. The average molecular weight is 241 g/mol. The number of amides is 1. The minimum Gasteiger partial charge on any atom is -0.497 e. The van der Waals surface area contributed by atoms with Crippen LogP contribution in [-0.2, 0) is 0 Å². The zero-order chi connectivity index (χ0) is 13.0. The van der Waals surface area contributed by atoms with Gasteiger partial charge < -0.3 is 10.1 Å². The monoisotopic (exact) mass is 241 g/mol. The lowest BCUT2D eigenvalue weighted by Crippen LogP contribution is -2.11. The number of carbonyl (C=O) groups excluding carboxylic acids is 1. The van der Waals surface area contributed by atoms with Crippen LogP contribution in [0.3, 0.4) is 0 Å². The van der Waals surface area contributed by atoms with Crippen LogP contribution in [0.2, 0.25) is 0 Å². The molecule has 18 heavy (non-hydrogen) atoms. The fraction of sp³-hybridized carbons (Fsp3) is 0.133. The molecule has 0 atom stereocenters. The Morgan fingerprint density at radius 1 is 1.11 bits per heavy atom. The van der Waals surface area contributed by atoms with Crippen molar-refractivity contribution in [3.05, 3.63) is 59.7 Å². The molecular formula is C15H15NO2. The van der Waals surface area contributed by atoms with Crippen molar-refractivity contribution < 1.29 is 9.53 Å². The van der Waals surface area contributed by atoms with E-state index in [9.17, 15) is 4.79 Å². The van der Waals surface area contributed by atoms with E-state index in [0.29, 0.717) is 11.3 Å². The molecule has 0 aliphatic rings. The lowest BCUT2D eigenvalue weighted by molar-refractivity contribution is 0.102. The average Bonchev–Trinajstić information content (AvgIpc) is 2.39. The number of aryl methyl sites for hydroxylation is 1. The van der Waals surface area contributed by atoms with Gasteiger partial charge in [0.1, 0.15) is 5.75 Å². The van der Waals surface area contributed by atoms with Gasteiger partial charge in [0.15, 0.2) is 0 Å². The van der Waals surface area contributed by atoms with Gasteiger partial charge in [0, 0.05) is 11.3 Å². The SMILES string of the molecule is COc1cccc(C(=O)Nc2cccc(C)c2)c1. The minimum atomic E-state index is -0.139. The highest BCUT2D eigenvalue weighted by Gasteiger charge is 2.06. The van der Waals surface area contributed by atoms with Crippen LogP contribution in [0, 0.1) is 6.92 Å².